The molecule has 0 radical (unpaired) electrons. The Balaban J connectivity index is 1.45. The fourth-order valence-corrected chi connectivity index (χ4v) is 2.67. The predicted molar refractivity (Wildman–Crippen MR) is 96.3 cm³/mol. The van der Waals surface area contributed by atoms with Crippen molar-refractivity contribution in [1.82, 2.24) is 25.2 Å². The number of amides is 1. The van der Waals surface area contributed by atoms with Crippen LogP contribution < -0.4 is 5.32 Å². The number of rotatable bonds is 4. The molecule has 4 aromatic rings. The highest BCUT2D eigenvalue weighted by Gasteiger charge is 2.12. The van der Waals surface area contributed by atoms with Crippen LogP contribution in [0.1, 0.15) is 21.6 Å². The lowest BCUT2D eigenvalue weighted by Gasteiger charge is -2.03. The smallest absolute Gasteiger partial charge is 0.257 e. The van der Waals surface area contributed by atoms with Gasteiger partial charge in [-0.05, 0) is 37.3 Å². The monoisotopic (exact) mass is 367 g/mol. The molecule has 7 nitrogen and oxygen atoms in total. The summed E-state index contributed by atoms with van der Waals surface area (Å²) in [5.74, 6) is -0.223. The van der Waals surface area contributed by atoms with E-state index in [-0.39, 0.29) is 5.91 Å². The van der Waals surface area contributed by atoms with Gasteiger partial charge in [-0.15, -0.1) is 0 Å². The van der Waals surface area contributed by atoms with Gasteiger partial charge in [-0.2, -0.15) is 5.10 Å². The van der Waals surface area contributed by atoms with Crippen LogP contribution in [0.3, 0.4) is 0 Å². The highest BCUT2D eigenvalue weighted by molar-refractivity contribution is 6.30. The average molecular weight is 368 g/mol. The van der Waals surface area contributed by atoms with Crippen LogP contribution in [-0.2, 0) is 6.54 Å². The fourth-order valence-electron chi connectivity index (χ4n) is 2.54. The first kappa shape index (κ1) is 16.3. The molecule has 0 spiro atoms. The molecular weight excluding hydrogens is 354 g/mol. The van der Waals surface area contributed by atoms with Gasteiger partial charge in [0.2, 0.25) is 0 Å². The van der Waals surface area contributed by atoms with Crippen molar-refractivity contribution in [2.75, 3.05) is 0 Å². The van der Waals surface area contributed by atoms with Gasteiger partial charge in [-0.1, -0.05) is 16.8 Å². The molecule has 1 N–H and O–H groups in total. The van der Waals surface area contributed by atoms with Gasteiger partial charge in [0.15, 0.2) is 0 Å². The Morgan fingerprint density at radius 2 is 2.08 bits per heavy atom. The van der Waals surface area contributed by atoms with E-state index in [1.807, 2.05) is 18.3 Å². The van der Waals surface area contributed by atoms with E-state index in [4.69, 9.17) is 16.1 Å². The molecule has 0 bridgehead atoms. The third kappa shape index (κ3) is 3.16. The molecule has 1 amide bonds. The molecule has 130 valence electrons. The molecule has 0 fully saturated rings. The Hall–Kier alpha value is -3.19. The van der Waals surface area contributed by atoms with Crippen molar-refractivity contribution in [2.24, 2.45) is 0 Å². The summed E-state index contributed by atoms with van der Waals surface area (Å²) >= 11 is 5.89. The summed E-state index contributed by atoms with van der Waals surface area (Å²) in [5, 5.41) is 12.4. The van der Waals surface area contributed by atoms with Gasteiger partial charge in [0.1, 0.15) is 0 Å². The number of aryl methyl sites for hydroxylation is 1. The number of carbonyl (C=O) groups excluding carboxylic acids is 1. The second-order valence-corrected chi connectivity index (χ2v) is 6.23. The molecule has 8 heteroatoms. The first-order valence-electron chi connectivity index (χ1n) is 7.90. The number of hydrogen-bond donors (Lipinski definition) is 1. The summed E-state index contributed by atoms with van der Waals surface area (Å²) in [6.45, 7) is 2.16. The zero-order valence-electron chi connectivity index (χ0n) is 13.8. The number of nitrogens with one attached hydrogen (secondary N) is 1. The Morgan fingerprint density at radius 1 is 1.27 bits per heavy atom. The Kier molecular flexibility index (Phi) is 4.14. The quantitative estimate of drug-likeness (QED) is 0.598. The second kappa shape index (κ2) is 6.61. The number of hydrogen-bond acceptors (Lipinski definition) is 5. The summed E-state index contributed by atoms with van der Waals surface area (Å²) in [6, 6.07) is 9.08. The van der Waals surface area contributed by atoms with Crippen LogP contribution in [0.2, 0.25) is 5.02 Å². The van der Waals surface area contributed by atoms with Crippen LogP contribution in [0.4, 0.5) is 0 Å². The van der Waals surface area contributed by atoms with E-state index in [2.05, 4.69) is 20.6 Å². The number of benzene rings is 1. The van der Waals surface area contributed by atoms with E-state index in [1.54, 1.807) is 36.0 Å². The third-order valence-corrected chi connectivity index (χ3v) is 4.20. The van der Waals surface area contributed by atoms with Crippen molar-refractivity contribution in [2.45, 2.75) is 13.5 Å². The largest absolute Gasteiger partial charge is 0.348 e. The van der Waals surface area contributed by atoms with Gasteiger partial charge >= 0.3 is 0 Å². The summed E-state index contributed by atoms with van der Waals surface area (Å²) in [5.41, 5.74) is 3.34. The van der Waals surface area contributed by atoms with Crippen molar-refractivity contribution in [3.8, 4) is 5.69 Å². The topological polar surface area (TPSA) is 85.8 Å². The number of nitrogens with zero attached hydrogens (tertiary/aromatic N) is 4. The lowest BCUT2D eigenvalue weighted by Crippen LogP contribution is -2.22. The van der Waals surface area contributed by atoms with Crippen molar-refractivity contribution >= 4 is 28.6 Å². The SMILES string of the molecule is Cc1noc2ncc(C(=O)NCc3cnn(-c4ccc(Cl)cc4)c3)cc12. The molecule has 3 aromatic heterocycles. The molecule has 0 saturated carbocycles. The van der Waals surface area contributed by atoms with Crippen molar-refractivity contribution in [3.63, 3.8) is 0 Å². The zero-order chi connectivity index (χ0) is 18.1. The van der Waals surface area contributed by atoms with Gasteiger partial charge in [0.25, 0.3) is 11.6 Å². The minimum Gasteiger partial charge on any atom is -0.348 e. The second-order valence-electron chi connectivity index (χ2n) is 5.80. The van der Waals surface area contributed by atoms with E-state index >= 15 is 0 Å². The minimum absolute atomic E-state index is 0.223. The highest BCUT2D eigenvalue weighted by atomic mass is 35.5. The Bertz CT molecular complexity index is 1080. The van der Waals surface area contributed by atoms with Crippen LogP contribution in [0.15, 0.2) is 53.4 Å². The number of pyridine rings is 1. The molecule has 0 aliphatic carbocycles. The molecule has 0 atom stereocenters. The van der Waals surface area contributed by atoms with Crippen molar-refractivity contribution in [3.05, 3.63) is 70.8 Å². The molecule has 0 saturated heterocycles. The molecule has 0 aliphatic rings. The highest BCUT2D eigenvalue weighted by Crippen LogP contribution is 2.17. The predicted octanol–water partition coefficient (Wildman–Crippen LogP) is 3.30. The molecule has 0 aliphatic heterocycles. The molecular formula is C18H14ClN5O2. The molecule has 26 heavy (non-hydrogen) atoms. The first-order valence-corrected chi connectivity index (χ1v) is 8.28. The van der Waals surface area contributed by atoms with Gasteiger partial charge < -0.3 is 9.84 Å². The van der Waals surface area contributed by atoms with E-state index in [9.17, 15) is 4.79 Å². The zero-order valence-corrected chi connectivity index (χ0v) is 14.6. The van der Waals surface area contributed by atoms with Crippen molar-refractivity contribution < 1.29 is 9.32 Å². The number of carbonyl (C=O) groups is 1. The van der Waals surface area contributed by atoms with E-state index in [0.717, 1.165) is 16.6 Å². The van der Waals surface area contributed by atoms with E-state index < -0.39 is 0 Å². The summed E-state index contributed by atoms with van der Waals surface area (Å²) < 4.78 is 6.78. The fraction of sp³-hybridized carbons (Fsp3) is 0.111. The molecule has 3 heterocycles. The maximum Gasteiger partial charge on any atom is 0.257 e. The van der Waals surface area contributed by atoms with Crippen LogP contribution in [0.25, 0.3) is 16.8 Å². The normalized spacial score (nSPS) is 11.0. The van der Waals surface area contributed by atoms with E-state index in [1.165, 1.54) is 6.20 Å². The third-order valence-electron chi connectivity index (χ3n) is 3.95. The first-order chi connectivity index (χ1) is 12.6. The Labute approximate surface area is 153 Å². The van der Waals surface area contributed by atoms with Crippen LogP contribution in [0, 0.1) is 6.92 Å². The summed E-state index contributed by atoms with van der Waals surface area (Å²) in [4.78, 5) is 16.5. The van der Waals surface area contributed by atoms with Crippen LogP contribution in [0.5, 0.6) is 0 Å². The van der Waals surface area contributed by atoms with Gasteiger partial charge in [0, 0.05) is 29.5 Å². The number of fused-ring (bicyclic) bond motifs is 1. The maximum absolute atomic E-state index is 12.4. The number of aromatic nitrogens is 4. The van der Waals surface area contributed by atoms with Gasteiger partial charge in [-0.25, -0.2) is 9.67 Å². The van der Waals surface area contributed by atoms with Crippen LogP contribution >= 0.6 is 11.6 Å². The summed E-state index contributed by atoms with van der Waals surface area (Å²) in [7, 11) is 0. The molecule has 0 unspecified atom stereocenters. The maximum atomic E-state index is 12.4. The van der Waals surface area contributed by atoms with Gasteiger partial charge in [0.05, 0.1) is 28.5 Å². The van der Waals surface area contributed by atoms with E-state index in [0.29, 0.717) is 28.5 Å². The van der Waals surface area contributed by atoms with Crippen LogP contribution in [-0.4, -0.2) is 25.8 Å². The molecule has 1 aromatic carbocycles. The lowest BCUT2D eigenvalue weighted by atomic mass is 10.2. The standard InChI is InChI=1S/C18H14ClN5O2/c1-11-16-6-13(9-21-18(16)26-23-11)17(25)20-7-12-8-22-24(10-12)15-4-2-14(19)3-5-15/h2-6,8-10H,7H2,1H3,(H,20,25). The average Bonchev–Trinajstić information content (AvgIpc) is 3.27. The Morgan fingerprint density at radius 3 is 2.88 bits per heavy atom. The van der Waals surface area contributed by atoms with Crippen molar-refractivity contribution in [1.29, 1.82) is 0 Å². The van der Waals surface area contributed by atoms with Gasteiger partial charge in [-0.3, -0.25) is 4.79 Å². The summed E-state index contributed by atoms with van der Waals surface area (Å²) in [6.07, 6.45) is 5.04. The molecule has 4 rings (SSSR count). The minimum atomic E-state index is -0.223. The number of halogens is 1. The lowest BCUT2D eigenvalue weighted by molar-refractivity contribution is 0.0950.